The van der Waals surface area contributed by atoms with Gasteiger partial charge in [0.1, 0.15) is 12.4 Å². The van der Waals surface area contributed by atoms with Crippen molar-refractivity contribution in [3.8, 4) is 17.3 Å². The standard InChI is InChI=1S/C21H14N6O10/c28-17-18(37-21(32)33)26-13-5-12(15(27(34)35)6-14(13)25-17)16-22-7-11(23-16)8-36-20(31)24-10-3-1-9(2-4-10)19(29)30/h1-7H,8H2,(H,22,23)(H,24,31)(H,25,28)(H,29,30)(H,32,33). The summed E-state index contributed by atoms with van der Waals surface area (Å²) in [5.41, 5.74) is -1.01. The zero-order chi connectivity index (χ0) is 26.7. The van der Waals surface area contributed by atoms with Crippen LogP contribution in [0.25, 0.3) is 22.4 Å². The molecule has 16 nitrogen and oxygen atoms in total. The predicted molar refractivity (Wildman–Crippen MR) is 122 cm³/mol. The van der Waals surface area contributed by atoms with E-state index in [1.165, 1.54) is 36.5 Å². The topological polar surface area (TPSA) is 240 Å². The summed E-state index contributed by atoms with van der Waals surface area (Å²) < 4.78 is 9.38. The minimum atomic E-state index is -1.77. The molecule has 188 valence electrons. The summed E-state index contributed by atoms with van der Waals surface area (Å²) in [7, 11) is 0. The number of fused-ring (bicyclic) bond motifs is 1. The first-order valence-electron chi connectivity index (χ1n) is 10.1. The molecule has 16 heteroatoms. The summed E-state index contributed by atoms with van der Waals surface area (Å²) in [6.45, 7) is -0.320. The first kappa shape index (κ1) is 24.3. The Hall–Kier alpha value is -5.80. The van der Waals surface area contributed by atoms with E-state index in [1.807, 2.05) is 0 Å². The molecule has 0 aliphatic heterocycles. The van der Waals surface area contributed by atoms with Crippen molar-refractivity contribution >= 4 is 40.6 Å². The second kappa shape index (κ2) is 9.82. The summed E-state index contributed by atoms with van der Waals surface area (Å²) >= 11 is 0. The normalized spacial score (nSPS) is 10.6. The SMILES string of the molecule is O=C(O)Oc1nc2cc(-c3nc(COC(=O)Nc4ccc(C(=O)O)cc4)c[nH]3)c([N+](=O)[O-])cc2[nH]c1=O. The molecule has 1 amide bonds. The fraction of sp³-hybridized carbons (Fsp3) is 0.0476. The Morgan fingerprint density at radius 2 is 1.84 bits per heavy atom. The number of hydrogen-bond acceptors (Lipinski definition) is 10. The first-order chi connectivity index (χ1) is 17.6. The van der Waals surface area contributed by atoms with Crippen LogP contribution in [0.1, 0.15) is 16.1 Å². The van der Waals surface area contributed by atoms with Crippen LogP contribution in [0.4, 0.5) is 21.0 Å². The van der Waals surface area contributed by atoms with E-state index in [-0.39, 0.29) is 40.3 Å². The number of carboxylic acids is 1. The van der Waals surface area contributed by atoms with Gasteiger partial charge in [0.2, 0.25) is 0 Å². The maximum absolute atomic E-state index is 12.0. The van der Waals surface area contributed by atoms with Gasteiger partial charge in [-0.15, -0.1) is 0 Å². The van der Waals surface area contributed by atoms with Gasteiger partial charge in [0.15, 0.2) is 0 Å². The van der Waals surface area contributed by atoms with E-state index >= 15 is 0 Å². The van der Waals surface area contributed by atoms with E-state index in [2.05, 4.69) is 30.0 Å². The molecule has 0 radical (unpaired) electrons. The number of nitrogens with zero attached hydrogens (tertiary/aromatic N) is 3. The molecule has 0 unspecified atom stereocenters. The quantitative estimate of drug-likeness (QED) is 0.137. The van der Waals surface area contributed by atoms with Crippen molar-refractivity contribution in [1.82, 2.24) is 19.9 Å². The smallest absolute Gasteiger partial charge is 0.478 e. The average Bonchev–Trinajstić information content (AvgIpc) is 3.31. The number of anilines is 1. The fourth-order valence-electron chi connectivity index (χ4n) is 3.16. The fourth-order valence-corrected chi connectivity index (χ4v) is 3.16. The number of rotatable bonds is 7. The van der Waals surface area contributed by atoms with Gasteiger partial charge in [-0.1, -0.05) is 0 Å². The number of hydrogen-bond donors (Lipinski definition) is 5. The van der Waals surface area contributed by atoms with Gasteiger partial charge in [-0.3, -0.25) is 20.2 Å². The molecule has 0 fully saturated rings. The van der Waals surface area contributed by atoms with Gasteiger partial charge >= 0.3 is 23.8 Å². The number of H-pyrrole nitrogens is 2. The van der Waals surface area contributed by atoms with Crippen LogP contribution in [0.3, 0.4) is 0 Å². The number of aromatic carboxylic acids is 1. The summed E-state index contributed by atoms with van der Waals surface area (Å²) in [6.07, 6.45) is -1.28. The lowest BCUT2D eigenvalue weighted by molar-refractivity contribution is -0.384. The Morgan fingerprint density at radius 1 is 1.11 bits per heavy atom. The number of nitrogens with one attached hydrogen (secondary N) is 3. The van der Waals surface area contributed by atoms with E-state index in [0.717, 1.165) is 6.07 Å². The highest BCUT2D eigenvalue weighted by molar-refractivity contribution is 5.90. The third-order valence-corrected chi connectivity index (χ3v) is 4.77. The molecule has 4 aromatic rings. The summed E-state index contributed by atoms with van der Waals surface area (Å²) in [5, 5.41) is 31.7. The van der Waals surface area contributed by atoms with E-state index in [9.17, 15) is 29.3 Å². The number of imidazole rings is 1. The molecule has 37 heavy (non-hydrogen) atoms. The van der Waals surface area contributed by atoms with Gasteiger partial charge in [0, 0.05) is 18.0 Å². The number of carbonyl (C=O) groups excluding carboxylic acids is 1. The van der Waals surface area contributed by atoms with Gasteiger partial charge in [0.25, 0.3) is 11.6 Å². The molecule has 2 heterocycles. The molecule has 0 bridgehead atoms. The number of nitro groups is 1. The molecule has 2 aromatic carbocycles. The number of nitro benzene ring substituents is 1. The molecule has 0 aliphatic carbocycles. The molecule has 0 aliphatic rings. The van der Waals surface area contributed by atoms with Crippen LogP contribution in [-0.2, 0) is 11.3 Å². The lowest BCUT2D eigenvalue weighted by Gasteiger charge is -2.06. The highest BCUT2D eigenvalue weighted by Crippen LogP contribution is 2.31. The lowest BCUT2D eigenvalue weighted by Crippen LogP contribution is -2.16. The van der Waals surface area contributed by atoms with E-state index in [4.69, 9.17) is 14.9 Å². The molecular weight excluding hydrogens is 496 g/mol. The summed E-state index contributed by atoms with van der Waals surface area (Å²) in [6, 6.07) is 7.60. The molecule has 0 saturated heterocycles. The van der Waals surface area contributed by atoms with Crippen molar-refractivity contribution in [1.29, 1.82) is 0 Å². The molecule has 0 atom stereocenters. The van der Waals surface area contributed by atoms with Crippen molar-refractivity contribution in [2.45, 2.75) is 6.61 Å². The minimum absolute atomic E-state index is 0.00516. The van der Waals surface area contributed by atoms with Crippen molar-refractivity contribution in [3.05, 3.63) is 74.3 Å². The van der Waals surface area contributed by atoms with Crippen LogP contribution >= 0.6 is 0 Å². The maximum atomic E-state index is 12.0. The summed E-state index contributed by atoms with van der Waals surface area (Å²) in [4.78, 5) is 69.5. The lowest BCUT2D eigenvalue weighted by atomic mass is 10.1. The Morgan fingerprint density at radius 3 is 2.49 bits per heavy atom. The van der Waals surface area contributed by atoms with Crippen LogP contribution in [0.15, 0.2) is 47.4 Å². The van der Waals surface area contributed by atoms with Gasteiger partial charge in [-0.25, -0.2) is 24.4 Å². The number of amides is 1. The summed E-state index contributed by atoms with van der Waals surface area (Å²) in [5.74, 6) is -1.88. The van der Waals surface area contributed by atoms with Gasteiger partial charge in [-0.2, -0.15) is 0 Å². The number of carboxylic acid groups (broad SMARTS) is 2. The largest absolute Gasteiger partial charge is 0.512 e. The highest BCUT2D eigenvalue weighted by Gasteiger charge is 2.22. The molecule has 0 saturated carbocycles. The average molecular weight is 510 g/mol. The van der Waals surface area contributed by atoms with Crippen molar-refractivity contribution in [2.24, 2.45) is 0 Å². The number of benzene rings is 2. The second-order valence-corrected chi connectivity index (χ2v) is 7.21. The third kappa shape index (κ3) is 5.48. The monoisotopic (exact) mass is 510 g/mol. The number of carbonyl (C=O) groups is 3. The van der Waals surface area contributed by atoms with Crippen molar-refractivity contribution in [3.63, 3.8) is 0 Å². The maximum Gasteiger partial charge on any atom is 0.512 e. The van der Waals surface area contributed by atoms with Crippen molar-refractivity contribution in [2.75, 3.05) is 5.32 Å². The van der Waals surface area contributed by atoms with Crippen LogP contribution in [0.5, 0.6) is 5.88 Å². The van der Waals surface area contributed by atoms with Gasteiger partial charge in [0.05, 0.1) is 32.8 Å². The van der Waals surface area contributed by atoms with E-state index in [1.54, 1.807) is 0 Å². The Kier molecular flexibility index (Phi) is 6.46. The Bertz CT molecular complexity index is 1610. The predicted octanol–water partition coefficient (Wildman–Crippen LogP) is 2.73. The third-order valence-electron chi connectivity index (χ3n) is 4.77. The zero-order valence-corrected chi connectivity index (χ0v) is 18.3. The van der Waals surface area contributed by atoms with E-state index < -0.39 is 40.3 Å². The molecule has 0 spiro atoms. The van der Waals surface area contributed by atoms with Crippen LogP contribution in [0.2, 0.25) is 0 Å². The number of ether oxygens (including phenoxy) is 2. The van der Waals surface area contributed by atoms with E-state index in [0.29, 0.717) is 5.69 Å². The highest BCUT2D eigenvalue weighted by atomic mass is 16.7. The minimum Gasteiger partial charge on any atom is -0.478 e. The second-order valence-electron chi connectivity index (χ2n) is 7.21. The zero-order valence-electron chi connectivity index (χ0n) is 18.3. The molecule has 2 aromatic heterocycles. The first-order valence-corrected chi connectivity index (χ1v) is 10.1. The van der Waals surface area contributed by atoms with Gasteiger partial charge < -0.3 is 29.7 Å². The Labute approximate surface area is 203 Å². The molecule has 4 rings (SSSR count). The number of aromatic amines is 2. The number of aromatic nitrogens is 4. The van der Waals surface area contributed by atoms with Crippen molar-refractivity contribution < 1.29 is 39.0 Å². The molecular formula is C21H14N6O10. The van der Waals surface area contributed by atoms with Crippen LogP contribution in [0, 0.1) is 10.1 Å². The molecule has 5 N–H and O–H groups in total. The van der Waals surface area contributed by atoms with Crippen LogP contribution in [-0.4, -0.2) is 53.3 Å². The van der Waals surface area contributed by atoms with Crippen LogP contribution < -0.4 is 15.6 Å². The Balaban J connectivity index is 1.53. The van der Waals surface area contributed by atoms with Gasteiger partial charge in [-0.05, 0) is 30.3 Å².